The number of H-pyrrole nitrogens is 1. The van der Waals surface area contributed by atoms with Gasteiger partial charge < -0.3 is 0 Å². The van der Waals surface area contributed by atoms with Crippen LogP contribution < -0.4 is 5.32 Å². The maximum atomic E-state index is 12.3. The van der Waals surface area contributed by atoms with Gasteiger partial charge in [-0.3, -0.25) is 25.3 Å². The van der Waals surface area contributed by atoms with Gasteiger partial charge in [0.25, 0.3) is 11.6 Å². The molecule has 0 aliphatic rings. The fourth-order valence-electron chi connectivity index (χ4n) is 1.38. The second-order valence-electron chi connectivity index (χ2n) is 3.77. The van der Waals surface area contributed by atoms with Crippen LogP contribution in [-0.2, 0) is 6.18 Å². The Labute approximate surface area is 114 Å². The Morgan fingerprint density at radius 3 is 2.67 bits per heavy atom. The number of benzene rings is 1. The van der Waals surface area contributed by atoms with E-state index in [0.717, 1.165) is 6.07 Å². The van der Waals surface area contributed by atoms with Crippen molar-refractivity contribution in [2.75, 3.05) is 5.32 Å². The molecule has 8 nitrogen and oxygen atoms in total. The molecule has 0 spiro atoms. The van der Waals surface area contributed by atoms with E-state index >= 15 is 0 Å². The Hall–Kier alpha value is -2.98. The standard InChI is InChI=1S/C10H6F3N5O3/c11-10(12,13)8-15-9(17-16-8)14-7(19)5-2-1-3-6(4-5)18(20)21/h1-4H,(H2,14,15,16,17,19). The molecule has 0 aliphatic carbocycles. The first-order chi connectivity index (χ1) is 9.77. The number of hydrogen-bond acceptors (Lipinski definition) is 5. The van der Waals surface area contributed by atoms with Gasteiger partial charge in [0.05, 0.1) is 4.92 Å². The van der Waals surface area contributed by atoms with Crippen LogP contribution in [0, 0.1) is 10.1 Å². The lowest BCUT2D eigenvalue weighted by atomic mass is 10.2. The number of aromatic amines is 1. The molecular formula is C10H6F3N5O3. The zero-order valence-electron chi connectivity index (χ0n) is 10.0. The molecule has 0 radical (unpaired) electrons. The largest absolute Gasteiger partial charge is 0.451 e. The van der Waals surface area contributed by atoms with Crippen molar-refractivity contribution in [3.05, 3.63) is 45.8 Å². The quantitative estimate of drug-likeness (QED) is 0.664. The highest BCUT2D eigenvalue weighted by molar-refractivity contribution is 6.03. The summed E-state index contributed by atoms with van der Waals surface area (Å²) in [5, 5.41) is 17.4. The minimum atomic E-state index is -4.72. The van der Waals surface area contributed by atoms with E-state index in [1.54, 1.807) is 5.10 Å². The van der Waals surface area contributed by atoms with Crippen molar-refractivity contribution < 1.29 is 22.9 Å². The lowest BCUT2D eigenvalue weighted by Crippen LogP contribution is -2.13. The van der Waals surface area contributed by atoms with Gasteiger partial charge in [0.15, 0.2) is 0 Å². The molecule has 2 aromatic rings. The van der Waals surface area contributed by atoms with Crippen LogP contribution in [0.1, 0.15) is 16.2 Å². The second-order valence-corrected chi connectivity index (χ2v) is 3.77. The van der Waals surface area contributed by atoms with Gasteiger partial charge in [0, 0.05) is 17.7 Å². The minimum absolute atomic E-state index is 0.109. The second kappa shape index (κ2) is 5.19. The van der Waals surface area contributed by atoms with Crippen molar-refractivity contribution in [2.24, 2.45) is 0 Å². The van der Waals surface area contributed by atoms with E-state index in [4.69, 9.17) is 0 Å². The van der Waals surface area contributed by atoms with Crippen molar-refractivity contribution in [1.29, 1.82) is 0 Å². The number of aromatic nitrogens is 3. The number of nitro groups is 1. The monoisotopic (exact) mass is 301 g/mol. The number of hydrogen-bond donors (Lipinski definition) is 2. The molecule has 1 aromatic heterocycles. The van der Waals surface area contributed by atoms with Gasteiger partial charge in [-0.05, 0) is 6.07 Å². The summed E-state index contributed by atoms with van der Waals surface area (Å²) in [6.45, 7) is 0. The Morgan fingerprint density at radius 1 is 1.38 bits per heavy atom. The lowest BCUT2D eigenvalue weighted by Gasteiger charge is -2.01. The highest BCUT2D eigenvalue weighted by Crippen LogP contribution is 2.26. The third-order valence-electron chi connectivity index (χ3n) is 2.30. The summed E-state index contributed by atoms with van der Waals surface area (Å²) in [4.78, 5) is 24.6. The van der Waals surface area contributed by atoms with Crippen LogP contribution in [0.2, 0.25) is 0 Å². The molecule has 0 saturated heterocycles. The number of carbonyl (C=O) groups excluding carboxylic acids is 1. The summed E-state index contributed by atoms with van der Waals surface area (Å²) in [5.41, 5.74) is -0.434. The highest BCUT2D eigenvalue weighted by atomic mass is 19.4. The Morgan fingerprint density at radius 2 is 2.10 bits per heavy atom. The molecule has 0 atom stereocenters. The summed E-state index contributed by atoms with van der Waals surface area (Å²) in [6.07, 6.45) is -4.72. The summed E-state index contributed by atoms with van der Waals surface area (Å²) >= 11 is 0. The number of nitrogens with zero attached hydrogens (tertiary/aromatic N) is 3. The van der Waals surface area contributed by atoms with Crippen LogP contribution in [0.3, 0.4) is 0 Å². The molecule has 0 saturated carbocycles. The van der Waals surface area contributed by atoms with Crippen LogP contribution in [0.4, 0.5) is 24.8 Å². The third-order valence-corrected chi connectivity index (χ3v) is 2.30. The van der Waals surface area contributed by atoms with Crippen LogP contribution in [0.25, 0.3) is 0 Å². The number of nitrogens with one attached hydrogen (secondary N) is 2. The van der Waals surface area contributed by atoms with E-state index in [9.17, 15) is 28.1 Å². The molecule has 1 amide bonds. The van der Waals surface area contributed by atoms with E-state index in [2.05, 4.69) is 10.1 Å². The fraction of sp³-hybridized carbons (Fsp3) is 0.100. The average Bonchev–Trinajstić information content (AvgIpc) is 2.87. The fourth-order valence-corrected chi connectivity index (χ4v) is 1.38. The molecule has 1 aromatic carbocycles. The van der Waals surface area contributed by atoms with Crippen molar-refractivity contribution >= 4 is 17.5 Å². The molecule has 0 unspecified atom stereocenters. The summed E-state index contributed by atoms with van der Waals surface area (Å²) < 4.78 is 36.8. The number of amides is 1. The maximum absolute atomic E-state index is 12.3. The number of alkyl halides is 3. The first-order valence-electron chi connectivity index (χ1n) is 5.33. The van der Waals surface area contributed by atoms with Crippen molar-refractivity contribution in [3.63, 3.8) is 0 Å². The third kappa shape index (κ3) is 3.32. The highest BCUT2D eigenvalue weighted by Gasteiger charge is 2.35. The Bertz CT molecular complexity index is 697. The Balaban J connectivity index is 2.16. The van der Waals surface area contributed by atoms with E-state index < -0.39 is 28.8 Å². The van der Waals surface area contributed by atoms with Crippen LogP contribution in [-0.4, -0.2) is 26.0 Å². The first-order valence-corrected chi connectivity index (χ1v) is 5.33. The Kier molecular flexibility index (Phi) is 3.56. The predicted molar refractivity (Wildman–Crippen MR) is 62.4 cm³/mol. The van der Waals surface area contributed by atoms with Crippen LogP contribution in [0.15, 0.2) is 24.3 Å². The molecule has 2 rings (SSSR count). The topological polar surface area (TPSA) is 114 Å². The molecule has 0 fully saturated rings. The van der Waals surface area contributed by atoms with Crippen LogP contribution >= 0.6 is 0 Å². The van der Waals surface area contributed by atoms with Crippen molar-refractivity contribution in [1.82, 2.24) is 15.2 Å². The number of non-ortho nitro benzene ring substituents is 1. The van der Waals surface area contributed by atoms with Crippen molar-refractivity contribution in [2.45, 2.75) is 6.18 Å². The summed E-state index contributed by atoms with van der Waals surface area (Å²) in [5.74, 6) is -2.82. The van der Waals surface area contributed by atoms with Crippen LogP contribution in [0.5, 0.6) is 0 Å². The zero-order chi connectivity index (χ0) is 15.6. The number of rotatable bonds is 3. The molecule has 0 aliphatic heterocycles. The molecule has 110 valence electrons. The number of nitro benzene ring substituents is 1. The number of carbonyl (C=O) groups is 1. The van der Waals surface area contributed by atoms with E-state index in [0.29, 0.717) is 0 Å². The maximum Gasteiger partial charge on any atom is 0.451 e. The predicted octanol–water partition coefficient (Wildman–Crippen LogP) is 1.98. The smallest absolute Gasteiger partial charge is 0.289 e. The SMILES string of the molecule is O=C(Nc1n[nH]c(C(F)(F)F)n1)c1cccc([N+](=O)[O-])c1. The molecule has 1 heterocycles. The molecule has 0 bridgehead atoms. The molecular weight excluding hydrogens is 295 g/mol. The molecule has 21 heavy (non-hydrogen) atoms. The molecule has 11 heteroatoms. The van der Waals surface area contributed by atoms with E-state index in [1.165, 1.54) is 18.2 Å². The molecule has 2 N–H and O–H groups in total. The van der Waals surface area contributed by atoms with E-state index in [-0.39, 0.29) is 11.3 Å². The summed E-state index contributed by atoms with van der Waals surface area (Å²) in [6, 6.07) is 4.68. The normalized spacial score (nSPS) is 11.2. The van der Waals surface area contributed by atoms with Gasteiger partial charge in [0.1, 0.15) is 0 Å². The lowest BCUT2D eigenvalue weighted by molar-refractivity contribution is -0.384. The van der Waals surface area contributed by atoms with Gasteiger partial charge in [-0.2, -0.15) is 18.2 Å². The number of anilines is 1. The number of halogens is 3. The van der Waals surface area contributed by atoms with Gasteiger partial charge >= 0.3 is 6.18 Å². The van der Waals surface area contributed by atoms with Gasteiger partial charge in [-0.15, -0.1) is 5.10 Å². The summed E-state index contributed by atoms with van der Waals surface area (Å²) in [7, 11) is 0. The van der Waals surface area contributed by atoms with Gasteiger partial charge in [-0.25, -0.2) is 0 Å². The van der Waals surface area contributed by atoms with Crippen molar-refractivity contribution in [3.8, 4) is 0 Å². The first kappa shape index (κ1) is 14.4. The minimum Gasteiger partial charge on any atom is -0.289 e. The van der Waals surface area contributed by atoms with Gasteiger partial charge in [-0.1, -0.05) is 6.07 Å². The zero-order valence-corrected chi connectivity index (χ0v) is 10.0. The van der Waals surface area contributed by atoms with Gasteiger partial charge in [0.2, 0.25) is 11.8 Å². The van der Waals surface area contributed by atoms with E-state index in [1.807, 2.05) is 5.32 Å². The average molecular weight is 301 g/mol.